The van der Waals surface area contributed by atoms with Gasteiger partial charge in [-0.15, -0.1) is 0 Å². The van der Waals surface area contributed by atoms with E-state index in [1.807, 2.05) is 0 Å². The lowest BCUT2D eigenvalue weighted by Crippen LogP contribution is -2.31. The van der Waals surface area contributed by atoms with E-state index in [0.717, 1.165) is 0 Å². The fourth-order valence-corrected chi connectivity index (χ4v) is 4.33. The molecule has 0 spiro atoms. The van der Waals surface area contributed by atoms with E-state index in [0.29, 0.717) is 39.5 Å². The monoisotopic (exact) mass is 490 g/mol. The van der Waals surface area contributed by atoms with E-state index >= 15 is 0 Å². The third kappa shape index (κ3) is 3.54. The molecule has 0 bridgehead atoms. The van der Waals surface area contributed by atoms with Gasteiger partial charge in [0.1, 0.15) is 23.3 Å². The molecular formula is C26H22N2O8. The van der Waals surface area contributed by atoms with Crippen molar-refractivity contribution in [3.05, 3.63) is 76.9 Å². The van der Waals surface area contributed by atoms with Gasteiger partial charge < -0.3 is 28.3 Å². The molecule has 2 aromatic heterocycles. The van der Waals surface area contributed by atoms with Crippen molar-refractivity contribution < 1.29 is 37.8 Å². The van der Waals surface area contributed by atoms with E-state index in [1.165, 1.54) is 38.4 Å². The number of hydrogen-bond acceptors (Lipinski definition) is 9. The molecule has 2 aromatic carbocycles. The summed E-state index contributed by atoms with van der Waals surface area (Å²) >= 11 is 0. The first-order valence-corrected chi connectivity index (χ1v) is 10.9. The van der Waals surface area contributed by atoms with Crippen LogP contribution in [0.3, 0.4) is 0 Å². The Balaban J connectivity index is 1.71. The lowest BCUT2D eigenvalue weighted by atomic mass is 9.94. The molecule has 0 radical (unpaired) electrons. The molecule has 0 saturated carbocycles. The minimum Gasteiger partial charge on any atom is -0.503 e. The second-order valence-electron chi connectivity index (χ2n) is 8.06. The van der Waals surface area contributed by atoms with Crippen molar-refractivity contribution in [2.75, 3.05) is 26.2 Å². The Labute approximate surface area is 205 Å². The van der Waals surface area contributed by atoms with Crippen LogP contribution in [0.1, 0.15) is 27.9 Å². The van der Waals surface area contributed by atoms with Gasteiger partial charge in [0.2, 0.25) is 5.78 Å². The second-order valence-corrected chi connectivity index (χ2v) is 8.06. The first kappa shape index (κ1) is 23.0. The number of fused-ring (bicyclic) bond motifs is 1. The zero-order valence-electron chi connectivity index (χ0n) is 19.9. The zero-order valence-corrected chi connectivity index (χ0v) is 19.9. The molecule has 1 unspecified atom stereocenters. The van der Waals surface area contributed by atoms with Gasteiger partial charge in [-0.05, 0) is 37.3 Å². The van der Waals surface area contributed by atoms with Gasteiger partial charge in [-0.2, -0.15) is 0 Å². The van der Waals surface area contributed by atoms with Gasteiger partial charge in [0.15, 0.2) is 28.7 Å². The summed E-state index contributed by atoms with van der Waals surface area (Å²) in [5, 5.41) is 15.6. The molecule has 10 heteroatoms. The van der Waals surface area contributed by atoms with Crippen molar-refractivity contribution in [3.8, 4) is 17.2 Å². The van der Waals surface area contributed by atoms with Crippen LogP contribution < -0.4 is 19.1 Å². The van der Waals surface area contributed by atoms with Crippen LogP contribution in [0.25, 0.3) is 11.0 Å². The molecule has 184 valence electrons. The highest BCUT2D eigenvalue weighted by atomic mass is 16.5. The molecule has 1 N–H and O–H groups in total. The number of rotatable bonds is 7. The summed E-state index contributed by atoms with van der Waals surface area (Å²) in [6, 6.07) is 12.1. The maximum atomic E-state index is 13.8. The fourth-order valence-electron chi connectivity index (χ4n) is 4.33. The predicted molar refractivity (Wildman–Crippen MR) is 128 cm³/mol. The molecule has 0 saturated heterocycles. The number of benzene rings is 2. The largest absolute Gasteiger partial charge is 0.503 e. The number of aryl methyl sites for hydroxylation is 1. The van der Waals surface area contributed by atoms with Crippen molar-refractivity contribution in [2.24, 2.45) is 0 Å². The van der Waals surface area contributed by atoms with Gasteiger partial charge >= 0.3 is 0 Å². The third-order valence-corrected chi connectivity index (χ3v) is 6.00. The highest BCUT2D eigenvalue weighted by Crippen LogP contribution is 2.46. The van der Waals surface area contributed by atoms with Crippen LogP contribution in [-0.2, 0) is 4.79 Å². The molecule has 1 amide bonds. The van der Waals surface area contributed by atoms with E-state index in [4.69, 9.17) is 23.2 Å². The second kappa shape index (κ2) is 8.81. The van der Waals surface area contributed by atoms with Gasteiger partial charge in [-0.3, -0.25) is 14.5 Å². The molecule has 0 fully saturated rings. The number of carbonyl (C=O) groups is 2. The quantitative estimate of drug-likeness (QED) is 0.372. The highest BCUT2D eigenvalue weighted by Gasteiger charge is 2.47. The topological polar surface area (TPSA) is 124 Å². The lowest BCUT2D eigenvalue weighted by Gasteiger charge is -2.26. The van der Waals surface area contributed by atoms with Crippen LogP contribution in [-0.4, -0.2) is 43.3 Å². The molecule has 36 heavy (non-hydrogen) atoms. The van der Waals surface area contributed by atoms with E-state index in [9.17, 15) is 14.7 Å². The van der Waals surface area contributed by atoms with Crippen LogP contribution in [0.4, 0.5) is 5.82 Å². The minimum atomic E-state index is -1.12. The summed E-state index contributed by atoms with van der Waals surface area (Å²) < 4.78 is 27.2. The maximum absolute atomic E-state index is 13.8. The number of aromatic nitrogens is 1. The number of methoxy groups -OCH3 is 3. The molecule has 5 rings (SSSR count). The SMILES string of the molecule is COc1ccc(OC)c(C2C(C(=O)c3cc4cccc(OC)c4o3)=C(O)C(=O)N2c2cc(C)on2)c1. The third-order valence-electron chi connectivity index (χ3n) is 6.00. The normalized spacial score (nSPS) is 15.6. The number of amides is 1. The zero-order chi connectivity index (χ0) is 25.6. The van der Waals surface area contributed by atoms with Crippen molar-refractivity contribution in [3.63, 3.8) is 0 Å². The summed E-state index contributed by atoms with van der Waals surface area (Å²) in [4.78, 5) is 28.4. The van der Waals surface area contributed by atoms with E-state index in [2.05, 4.69) is 5.16 Å². The summed E-state index contributed by atoms with van der Waals surface area (Å²) in [7, 11) is 4.44. The summed E-state index contributed by atoms with van der Waals surface area (Å²) in [6.45, 7) is 1.67. The van der Waals surface area contributed by atoms with Crippen LogP contribution in [0.15, 0.2) is 68.8 Å². The Bertz CT molecular complexity index is 1530. The van der Waals surface area contributed by atoms with Crippen molar-refractivity contribution >= 4 is 28.5 Å². The Kier molecular flexibility index (Phi) is 5.63. The lowest BCUT2D eigenvalue weighted by molar-refractivity contribution is -0.117. The van der Waals surface area contributed by atoms with E-state index < -0.39 is 23.5 Å². The number of carbonyl (C=O) groups excluding carboxylic acids is 2. The van der Waals surface area contributed by atoms with Crippen LogP contribution in [0.5, 0.6) is 17.2 Å². The van der Waals surface area contributed by atoms with Crippen LogP contribution in [0.2, 0.25) is 0 Å². The van der Waals surface area contributed by atoms with Crippen molar-refractivity contribution in [2.45, 2.75) is 13.0 Å². The fraction of sp³-hybridized carbons (Fsp3) is 0.192. The summed E-state index contributed by atoms with van der Waals surface area (Å²) in [6.07, 6.45) is 0. The van der Waals surface area contributed by atoms with Crippen LogP contribution >= 0.6 is 0 Å². The number of ether oxygens (including phenoxy) is 3. The number of aliphatic hydroxyl groups is 1. The minimum absolute atomic E-state index is 0.0751. The smallest absolute Gasteiger partial charge is 0.295 e. The number of para-hydroxylation sites is 1. The number of hydrogen-bond donors (Lipinski definition) is 1. The Morgan fingerprint density at radius 3 is 2.47 bits per heavy atom. The Morgan fingerprint density at radius 2 is 1.81 bits per heavy atom. The molecule has 1 atom stereocenters. The number of aliphatic hydroxyl groups excluding tert-OH is 1. The predicted octanol–water partition coefficient (Wildman–Crippen LogP) is 4.54. The van der Waals surface area contributed by atoms with Gasteiger partial charge in [0.25, 0.3) is 5.91 Å². The molecule has 1 aliphatic heterocycles. The first-order valence-electron chi connectivity index (χ1n) is 10.9. The molecule has 3 heterocycles. The molecule has 1 aliphatic rings. The summed E-state index contributed by atoms with van der Waals surface area (Å²) in [5.74, 6) is -0.487. The van der Waals surface area contributed by atoms with E-state index in [1.54, 1.807) is 43.3 Å². The highest BCUT2D eigenvalue weighted by molar-refractivity contribution is 6.20. The number of Topliss-reactive ketones (excluding diaryl/α,β-unsaturated/α-hetero) is 1. The van der Waals surface area contributed by atoms with Gasteiger partial charge in [-0.1, -0.05) is 17.3 Å². The number of ketones is 1. The Hall–Kier alpha value is -4.73. The summed E-state index contributed by atoms with van der Waals surface area (Å²) in [5.41, 5.74) is 0.560. The van der Waals surface area contributed by atoms with Gasteiger partial charge in [0.05, 0.1) is 26.9 Å². The molecule has 4 aromatic rings. The Morgan fingerprint density at radius 1 is 1.03 bits per heavy atom. The number of anilines is 1. The standard InChI is InChI=1S/C26H22N2O8/c1-13-10-20(27-36-13)28-22(16-12-15(32-2)8-9-17(16)33-3)21(24(30)26(28)31)23(29)19-11-14-6-5-7-18(34-4)25(14)35-19/h5-12,22,30H,1-4H3. The first-order chi connectivity index (χ1) is 17.4. The molecule has 10 nitrogen and oxygen atoms in total. The number of nitrogens with zero attached hydrogens (tertiary/aromatic N) is 2. The molecular weight excluding hydrogens is 468 g/mol. The maximum Gasteiger partial charge on any atom is 0.295 e. The van der Waals surface area contributed by atoms with Gasteiger partial charge in [0, 0.05) is 17.0 Å². The van der Waals surface area contributed by atoms with Crippen molar-refractivity contribution in [1.29, 1.82) is 0 Å². The average Bonchev–Trinajstić information content (AvgIpc) is 3.59. The van der Waals surface area contributed by atoms with Crippen molar-refractivity contribution in [1.82, 2.24) is 5.16 Å². The van der Waals surface area contributed by atoms with Crippen LogP contribution in [0, 0.1) is 6.92 Å². The van der Waals surface area contributed by atoms with Gasteiger partial charge in [-0.25, -0.2) is 0 Å². The molecule has 0 aliphatic carbocycles. The number of furan rings is 1. The van der Waals surface area contributed by atoms with E-state index in [-0.39, 0.29) is 17.2 Å². The average molecular weight is 490 g/mol.